The molecule has 0 amide bonds. The topological polar surface area (TPSA) is 61.3 Å². The molecule has 4 N–H and O–H groups in total. The molecule has 2 bridgehead atoms. The van der Waals surface area contributed by atoms with Gasteiger partial charge in [-0.3, -0.25) is 0 Å². The van der Waals surface area contributed by atoms with Crippen LogP contribution in [-0.4, -0.2) is 24.8 Å². The molecule has 2 aliphatic rings. The van der Waals surface area contributed by atoms with Crippen molar-refractivity contribution in [2.24, 2.45) is 17.4 Å². The summed E-state index contributed by atoms with van der Waals surface area (Å²) in [7, 11) is 0. The number of ether oxygens (including phenoxy) is 1. The second-order valence-electron chi connectivity index (χ2n) is 3.53. The van der Waals surface area contributed by atoms with Gasteiger partial charge in [0.05, 0.1) is 12.2 Å². The highest BCUT2D eigenvalue weighted by Crippen LogP contribution is 2.42. The summed E-state index contributed by atoms with van der Waals surface area (Å²) in [4.78, 5) is 0. The predicted octanol–water partition coefficient (Wildman–Crippen LogP) is -0.549. The molecule has 2 rings (SSSR count). The molecule has 0 spiro atoms. The highest BCUT2D eigenvalue weighted by Gasteiger charge is 2.49. The van der Waals surface area contributed by atoms with E-state index in [9.17, 15) is 0 Å². The molecule has 1 saturated carbocycles. The molecule has 3 atom stereocenters. The van der Waals surface area contributed by atoms with Crippen LogP contribution in [0.3, 0.4) is 0 Å². The fourth-order valence-electron chi connectivity index (χ4n) is 2.12. The summed E-state index contributed by atoms with van der Waals surface area (Å²) in [5.41, 5.74) is 11.4. The van der Waals surface area contributed by atoms with Crippen molar-refractivity contribution in [1.29, 1.82) is 0 Å². The number of rotatable bonds is 1. The van der Waals surface area contributed by atoms with Crippen molar-refractivity contribution in [1.82, 2.24) is 0 Å². The lowest BCUT2D eigenvalue weighted by Crippen LogP contribution is -2.41. The lowest BCUT2D eigenvalue weighted by atomic mass is 10.0. The van der Waals surface area contributed by atoms with E-state index in [0.29, 0.717) is 18.5 Å². The van der Waals surface area contributed by atoms with Crippen LogP contribution in [0.25, 0.3) is 0 Å². The first kappa shape index (κ1) is 6.58. The van der Waals surface area contributed by atoms with Crippen LogP contribution in [0.15, 0.2) is 0 Å². The first-order chi connectivity index (χ1) is 4.76. The molecular formula is C7H14N2O. The highest BCUT2D eigenvalue weighted by molar-refractivity contribution is 5.03. The first-order valence-electron chi connectivity index (χ1n) is 3.85. The van der Waals surface area contributed by atoms with E-state index in [2.05, 4.69) is 0 Å². The average Bonchev–Trinajstić information content (AvgIpc) is 2.45. The Morgan fingerprint density at radius 3 is 2.60 bits per heavy atom. The molecule has 3 nitrogen and oxygen atoms in total. The number of fused-ring (bicyclic) bond motifs is 2. The van der Waals surface area contributed by atoms with E-state index >= 15 is 0 Å². The second-order valence-corrected chi connectivity index (χ2v) is 3.53. The maximum absolute atomic E-state index is 5.85. The van der Waals surface area contributed by atoms with Crippen LogP contribution in [0.4, 0.5) is 0 Å². The van der Waals surface area contributed by atoms with Gasteiger partial charge in [0.1, 0.15) is 0 Å². The van der Waals surface area contributed by atoms with Gasteiger partial charge in [0.25, 0.3) is 0 Å². The summed E-state index contributed by atoms with van der Waals surface area (Å²) in [5.74, 6) is 0.587. The standard InChI is InChI=1S/C7H14N2O/c8-4-7-1-5(3-10-7)6(9)2-7/h5-6H,1-4,8-9H2/t5-,6+,7+/m1/s1. The lowest BCUT2D eigenvalue weighted by Gasteiger charge is -2.27. The number of hydrogen-bond donors (Lipinski definition) is 2. The summed E-state index contributed by atoms with van der Waals surface area (Å²) in [6, 6.07) is 0.345. The molecule has 1 saturated heterocycles. The number of hydrogen-bond acceptors (Lipinski definition) is 3. The molecule has 0 aromatic heterocycles. The van der Waals surface area contributed by atoms with Crippen LogP contribution >= 0.6 is 0 Å². The summed E-state index contributed by atoms with van der Waals surface area (Å²) in [6.07, 6.45) is 2.05. The lowest BCUT2D eigenvalue weighted by molar-refractivity contribution is -0.0150. The molecule has 58 valence electrons. The minimum atomic E-state index is -0.0237. The van der Waals surface area contributed by atoms with Crippen molar-refractivity contribution < 1.29 is 4.74 Å². The van der Waals surface area contributed by atoms with Gasteiger partial charge in [-0.15, -0.1) is 0 Å². The SMILES string of the molecule is NC[C@@]12C[C@H](CO1)[C@@H](N)C2. The van der Waals surface area contributed by atoms with Gasteiger partial charge in [-0.05, 0) is 12.8 Å². The van der Waals surface area contributed by atoms with Gasteiger partial charge in [0, 0.05) is 18.5 Å². The van der Waals surface area contributed by atoms with Crippen LogP contribution in [0, 0.1) is 5.92 Å². The predicted molar refractivity (Wildman–Crippen MR) is 38.4 cm³/mol. The van der Waals surface area contributed by atoms with Crippen molar-refractivity contribution in [3.63, 3.8) is 0 Å². The van der Waals surface area contributed by atoms with Crippen LogP contribution in [-0.2, 0) is 4.74 Å². The fourth-order valence-corrected chi connectivity index (χ4v) is 2.12. The third kappa shape index (κ3) is 0.713. The molecule has 0 unspecified atom stereocenters. The van der Waals surface area contributed by atoms with E-state index in [-0.39, 0.29) is 5.60 Å². The van der Waals surface area contributed by atoms with E-state index in [0.717, 1.165) is 19.4 Å². The Morgan fingerprint density at radius 2 is 2.30 bits per heavy atom. The van der Waals surface area contributed by atoms with Gasteiger partial charge >= 0.3 is 0 Å². The molecule has 1 aliphatic carbocycles. The zero-order valence-corrected chi connectivity index (χ0v) is 6.05. The minimum Gasteiger partial charge on any atom is -0.373 e. The molecule has 0 radical (unpaired) electrons. The van der Waals surface area contributed by atoms with E-state index in [1.807, 2.05) is 0 Å². The van der Waals surface area contributed by atoms with Crippen molar-refractivity contribution in [3.8, 4) is 0 Å². The highest BCUT2D eigenvalue weighted by atomic mass is 16.5. The summed E-state index contributed by atoms with van der Waals surface area (Å²) >= 11 is 0. The van der Waals surface area contributed by atoms with E-state index < -0.39 is 0 Å². The average molecular weight is 142 g/mol. The molecule has 10 heavy (non-hydrogen) atoms. The normalized spacial score (nSPS) is 52.2. The van der Waals surface area contributed by atoms with Crippen LogP contribution in [0.5, 0.6) is 0 Å². The van der Waals surface area contributed by atoms with E-state index in [1.165, 1.54) is 0 Å². The van der Waals surface area contributed by atoms with Crippen molar-refractivity contribution in [3.05, 3.63) is 0 Å². The quantitative estimate of drug-likeness (QED) is 0.516. The second kappa shape index (κ2) is 1.94. The Bertz CT molecular complexity index is 147. The Balaban J connectivity index is 2.14. The van der Waals surface area contributed by atoms with Crippen molar-refractivity contribution >= 4 is 0 Å². The monoisotopic (exact) mass is 142 g/mol. The van der Waals surface area contributed by atoms with Gasteiger partial charge in [-0.25, -0.2) is 0 Å². The third-order valence-electron chi connectivity index (χ3n) is 2.82. The molecular weight excluding hydrogens is 128 g/mol. The van der Waals surface area contributed by atoms with Crippen molar-refractivity contribution in [2.75, 3.05) is 13.2 Å². The molecule has 2 fully saturated rings. The van der Waals surface area contributed by atoms with Crippen molar-refractivity contribution in [2.45, 2.75) is 24.5 Å². The van der Waals surface area contributed by atoms with Crippen LogP contribution < -0.4 is 11.5 Å². The Labute approximate surface area is 60.7 Å². The Hall–Kier alpha value is -0.120. The third-order valence-corrected chi connectivity index (χ3v) is 2.82. The molecule has 1 heterocycles. The summed E-state index contributed by atoms with van der Waals surface area (Å²) in [6.45, 7) is 1.47. The maximum Gasteiger partial charge on any atom is 0.0823 e. The first-order valence-corrected chi connectivity index (χ1v) is 3.85. The zero-order chi connectivity index (χ0) is 7.19. The smallest absolute Gasteiger partial charge is 0.0823 e. The summed E-state index contributed by atoms with van der Waals surface area (Å²) < 4.78 is 5.55. The minimum absolute atomic E-state index is 0.0237. The number of nitrogens with two attached hydrogens (primary N) is 2. The van der Waals surface area contributed by atoms with Gasteiger partial charge in [0.15, 0.2) is 0 Å². The molecule has 3 heteroatoms. The summed E-state index contributed by atoms with van der Waals surface area (Å²) in [5, 5.41) is 0. The van der Waals surface area contributed by atoms with Crippen LogP contribution in [0.2, 0.25) is 0 Å². The maximum atomic E-state index is 5.85. The fraction of sp³-hybridized carbons (Fsp3) is 1.00. The Morgan fingerprint density at radius 1 is 1.50 bits per heavy atom. The van der Waals surface area contributed by atoms with Crippen LogP contribution in [0.1, 0.15) is 12.8 Å². The van der Waals surface area contributed by atoms with Gasteiger partial charge in [-0.1, -0.05) is 0 Å². The van der Waals surface area contributed by atoms with E-state index in [4.69, 9.17) is 16.2 Å². The molecule has 1 aliphatic heterocycles. The van der Waals surface area contributed by atoms with E-state index in [1.54, 1.807) is 0 Å². The van der Waals surface area contributed by atoms with Gasteiger partial charge < -0.3 is 16.2 Å². The zero-order valence-electron chi connectivity index (χ0n) is 6.05. The largest absolute Gasteiger partial charge is 0.373 e. The Kier molecular flexibility index (Phi) is 1.27. The van der Waals surface area contributed by atoms with Gasteiger partial charge in [-0.2, -0.15) is 0 Å². The molecule has 0 aromatic rings. The van der Waals surface area contributed by atoms with Gasteiger partial charge in [0.2, 0.25) is 0 Å². The molecule has 0 aromatic carbocycles.